The van der Waals surface area contributed by atoms with E-state index in [0.29, 0.717) is 5.92 Å². The zero-order chi connectivity index (χ0) is 12.1. The monoisotopic (exact) mass is 251 g/mol. The van der Waals surface area contributed by atoms with Crippen molar-refractivity contribution in [2.45, 2.75) is 43.9 Å². The highest BCUT2D eigenvalue weighted by Crippen LogP contribution is 2.30. The summed E-state index contributed by atoms with van der Waals surface area (Å²) in [6.45, 7) is 4.18. The molecule has 0 amide bonds. The fourth-order valence-electron chi connectivity index (χ4n) is 2.64. The second-order valence-corrected chi connectivity index (χ2v) is 5.81. The highest BCUT2D eigenvalue weighted by Gasteiger charge is 2.18. The molecular weight excluding hydrogens is 230 g/mol. The Kier molecular flexibility index (Phi) is 4.87. The van der Waals surface area contributed by atoms with Gasteiger partial charge in [0.15, 0.2) is 0 Å². The average Bonchev–Trinajstić information content (AvgIpc) is 2.34. The first-order valence-corrected chi connectivity index (χ1v) is 7.13. The maximum absolute atomic E-state index is 5.94. The maximum Gasteiger partial charge on any atom is 0.0319 e. The molecule has 0 fully saturated rings. The Morgan fingerprint density at radius 1 is 1.41 bits per heavy atom. The molecule has 2 rings (SSSR count). The first-order valence-electron chi connectivity index (χ1n) is 6.70. The summed E-state index contributed by atoms with van der Waals surface area (Å²) in [6.07, 6.45) is 4.96. The van der Waals surface area contributed by atoms with Crippen LogP contribution in [0.3, 0.4) is 0 Å². The predicted molar refractivity (Wildman–Crippen MR) is 74.9 cm³/mol. The van der Waals surface area contributed by atoms with Gasteiger partial charge in [0.2, 0.25) is 0 Å². The van der Waals surface area contributed by atoms with Crippen LogP contribution in [0.5, 0.6) is 0 Å². The van der Waals surface area contributed by atoms with E-state index in [1.807, 2.05) is 0 Å². The van der Waals surface area contributed by atoms with Crippen LogP contribution < -0.4 is 5.32 Å². The molecule has 94 valence electrons. The third-order valence-corrected chi connectivity index (χ3v) is 3.82. The number of halogens is 1. The molecule has 1 aromatic carbocycles. The minimum Gasteiger partial charge on any atom is -0.316 e. The largest absolute Gasteiger partial charge is 0.316 e. The molecule has 1 aromatic rings. The Morgan fingerprint density at radius 3 is 3.06 bits per heavy atom. The quantitative estimate of drug-likeness (QED) is 0.621. The summed E-state index contributed by atoms with van der Waals surface area (Å²) in [4.78, 5) is 0. The highest BCUT2D eigenvalue weighted by molar-refractivity contribution is 6.20. The zero-order valence-corrected chi connectivity index (χ0v) is 11.3. The van der Waals surface area contributed by atoms with Crippen LogP contribution in [0.25, 0.3) is 0 Å². The van der Waals surface area contributed by atoms with E-state index >= 15 is 0 Å². The molecule has 0 spiro atoms. The van der Waals surface area contributed by atoms with Gasteiger partial charge in [0.05, 0.1) is 0 Å². The van der Waals surface area contributed by atoms with E-state index in [1.54, 1.807) is 11.1 Å². The normalized spacial score (nSPS) is 20.9. The van der Waals surface area contributed by atoms with Crippen molar-refractivity contribution < 1.29 is 0 Å². The topological polar surface area (TPSA) is 12.0 Å². The predicted octanol–water partition coefficient (Wildman–Crippen LogP) is 3.71. The van der Waals surface area contributed by atoms with Gasteiger partial charge in [0.25, 0.3) is 0 Å². The summed E-state index contributed by atoms with van der Waals surface area (Å²) >= 11 is 5.94. The molecular formula is C15H22ClN. The molecule has 1 nitrogen and oxygen atoms in total. The van der Waals surface area contributed by atoms with Gasteiger partial charge in [-0.15, -0.1) is 11.6 Å². The standard InChI is InChI=1S/C15H22ClN/c1-12(16)9-10-17-11-14-7-4-6-13-5-2-3-8-15(13)14/h2-3,5,8,12,14,17H,4,6-7,9-11H2,1H3. The Labute approximate surface area is 110 Å². The van der Waals surface area contributed by atoms with Gasteiger partial charge >= 0.3 is 0 Å². The molecule has 1 aliphatic rings. The van der Waals surface area contributed by atoms with Gasteiger partial charge in [-0.2, -0.15) is 0 Å². The van der Waals surface area contributed by atoms with Gasteiger partial charge in [-0.25, -0.2) is 0 Å². The van der Waals surface area contributed by atoms with Crippen molar-refractivity contribution in [1.82, 2.24) is 5.32 Å². The van der Waals surface area contributed by atoms with Crippen molar-refractivity contribution in [1.29, 1.82) is 0 Å². The SMILES string of the molecule is CC(Cl)CCNCC1CCCc2ccccc21. The Balaban J connectivity index is 1.86. The fraction of sp³-hybridized carbons (Fsp3) is 0.600. The van der Waals surface area contributed by atoms with Gasteiger partial charge in [-0.1, -0.05) is 24.3 Å². The van der Waals surface area contributed by atoms with Gasteiger partial charge in [-0.3, -0.25) is 0 Å². The van der Waals surface area contributed by atoms with Crippen molar-refractivity contribution in [2.24, 2.45) is 0 Å². The van der Waals surface area contributed by atoms with Crippen molar-refractivity contribution in [3.8, 4) is 0 Å². The summed E-state index contributed by atoms with van der Waals surface area (Å²) in [6, 6.07) is 8.90. The number of hydrogen-bond acceptors (Lipinski definition) is 1. The minimum atomic E-state index is 0.279. The second-order valence-electron chi connectivity index (χ2n) is 5.06. The van der Waals surface area contributed by atoms with Gasteiger partial charge in [-0.05, 0) is 56.2 Å². The highest BCUT2D eigenvalue weighted by atomic mass is 35.5. The molecule has 0 heterocycles. The second kappa shape index (κ2) is 6.42. The smallest absolute Gasteiger partial charge is 0.0319 e. The van der Waals surface area contributed by atoms with Crippen LogP contribution in [0.15, 0.2) is 24.3 Å². The lowest BCUT2D eigenvalue weighted by molar-refractivity contribution is 0.503. The average molecular weight is 252 g/mol. The third-order valence-electron chi connectivity index (χ3n) is 3.60. The molecule has 2 atom stereocenters. The third kappa shape index (κ3) is 3.72. The Morgan fingerprint density at radius 2 is 2.24 bits per heavy atom. The van der Waals surface area contributed by atoms with Crippen LogP contribution >= 0.6 is 11.6 Å². The van der Waals surface area contributed by atoms with Crippen LogP contribution in [0.1, 0.15) is 43.2 Å². The van der Waals surface area contributed by atoms with Crippen molar-refractivity contribution in [3.63, 3.8) is 0 Å². The Bertz CT molecular complexity index is 349. The van der Waals surface area contributed by atoms with E-state index in [4.69, 9.17) is 11.6 Å². The molecule has 2 unspecified atom stereocenters. The van der Waals surface area contributed by atoms with Crippen LogP contribution in [-0.2, 0) is 6.42 Å². The molecule has 0 radical (unpaired) electrons. The number of nitrogens with one attached hydrogen (secondary N) is 1. The fourth-order valence-corrected chi connectivity index (χ4v) is 2.75. The van der Waals surface area contributed by atoms with Crippen LogP contribution in [0, 0.1) is 0 Å². The number of aryl methyl sites for hydroxylation is 1. The summed E-state index contributed by atoms with van der Waals surface area (Å²) in [7, 11) is 0. The van der Waals surface area contributed by atoms with Crippen LogP contribution in [0.4, 0.5) is 0 Å². The van der Waals surface area contributed by atoms with E-state index in [2.05, 4.69) is 36.5 Å². The maximum atomic E-state index is 5.94. The Hall–Kier alpha value is -0.530. The zero-order valence-electron chi connectivity index (χ0n) is 10.6. The molecule has 0 saturated carbocycles. The first kappa shape index (κ1) is 12.9. The van der Waals surface area contributed by atoms with E-state index in [0.717, 1.165) is 19.5 Å². The summed E-state index contributed by atoms with van der Waals surface area (Å²) in [5, 5.41) is 3.82. The van der Waals surface area contributed by atoms with Gasteiger partial charge < -0.3 is 5.32 Å². The molecule has 0 saturated heterocycles. The number of rotatable bonds is 5. The van der Waals surface area contributed by atoms with Gasteiger partial charge in [0.1, 0.15) is 0 Å². The summed E-state index contributed by atoms with van der Waals surface area (Å²) in [5.74, 6) is 0.700. The summed E-state index contributed by atoms with van der Waals surface area (Å²) in [5.41, 5.74) is 3.11. The molecule has 2 heteroatoms. The molecule has 1 N–H and O–H groups in total. The molecule has 17 heavy (non-hydrogen) atoms. The van der Waals surface area contributed by atoms with E-state index in [1.165, 1.54) is 19.3 Å². The lowest BCUT2D eigenvalue weighted by Crippen LogP contribution is -2.26. The van der Waals surface area contributed by atoms with Crippen molar-refractivity contribution in [3.05, 3.63) is 35.4 Å². The van der Waals surface area contributed by atoms with Crippen molar-refractivity contribution >= 4 is 11.6 Å². The molecule has 0 aromatic heterocycles. The lowest BCUT2D eigenvalue weighted by Gasteiger charge is -2.25. The van der Waals surface area contributed by atoms with Gasteiger partial charge in [0, 0.05) is 11.9 Å². The molecule has 1 aliphatic carbocycles. The van der Waals surface area contributed by atoms with Crippen LogP contribution in [0.2, 0.25) is 0 Å². The van der Waals surface area contributed by atoms with E-state index in [9.17, 15) is 0 Å². The number of alkyl halides is 1. The number of benzene rings is 1. The number of fused-ring (bicyclic) bond motifs is 1. The van der Waals surface area contributed by atoms with E-state index in [-0.39, 0.29) is 5.38 Å². The lowest BCUT2D eigenvalue weighted by atomic mass is 9.83. The summed E-state index contributed by atoms with van der Waals surface area (Å²) < 4.78 is 0. The first-order chi connectivity index (χ1) is 8.27. The minimum absolute atomic E-state index is 0.279. The van der Waals surface area contributed by atoms with Crippen LogP contribution in [-0.4, -0.2) is 18.5 Å². The molecule has 0 bridgehead atoms. The van der Waals surface area contributed by atoms with E-state index < -0.39 is 0 Å². The number of hydrogen-bond donors (Lipinski definition) is 1. The van der Waals surface area contributed by atoms with Crippen molar-refractivity contribution in [2.75, 3.05) is 13.1 Å². The molecule has 0 aliphatic heterocycles.